The SMILES string of the molecule is Cc1cc(-c2nccc(C(=O)O)n2)ccn1. The van der Waals surface area contributed by atoms with Crippen LogP contribution in [0.25, 0.3) is 11.4 Å². The fourth-order valence-electron chi connectivity index (χ4n) is 1.30. The predicted octanol–water partition coefficient (Wildman–Crippen LogP) is 1.55. The number of aromatic nitrogens is 3. The van der Waals surface area contributed by atoms with E-state index in [2.05, 4.69) is 15.0 Å². The Bertz CT molecular complexity index is 540. The van der Waals surface area contributed by atoms with Crippen molar-refractivity contribution in [1.29, 1.82) is 0 Å². The number of carboxylic acids is 1. The molecule has 5 heteroatoms. The summed E-state index contributed by atoms with van der Waals surface area (Å²) < 4.78 is 0. The molecule has 2 aromatic rings. The van der Waals surface area contributed by atoms with E-state index in [4.69, 9.17) is 5.11 Å². The molecular formula is C11H9N3O2. The van der Waals surface area contributed by atoms with Crippen molar-refractivity contribution in [2.75, 3.05) is 0 Å². The highest BCUT2D eigenvalue weighted by Crippen LogP contribution is 2.14. The van der Waals surface area contributed by atoms with E-state index in [1.165, 1.54) is 12.3 Å². The number of carbonyl (C=O) groups is 1. The van der Waals surface area contributed by atoms with Gasteiger partial charge in [-0.25, -0.2) is 14.8 Å². The fraction of sp³-hybridized carbons (Fsp3) is 0.0909. The summed E-state index contributed by atoms with van der Waals surface area (Å²) in [7, 11) is 0. The Balaban J connectivity index is 2.48. The topological polar surface area (TPSA) is 76.0 Å². The monoisotopic (exact) mass is 215 g/mol. The molecule has 0 saturated heterocycles. The van der Waals surface area contributed by atoms with Gasteiger partial charge in [0, 0.05) is 23.7 Å². The quantitative estimate of drug-likeness (QED) is 0.822. The molecule has 2 rings (SSSR count). The molecule has 0 spiro atoms. The van der Waals surface area contributed by atoms with E-state index >= 15 is 0 Å². The van der Waals surface area contributed by atoms with Gasteiger partial charge in [0.2, 0.25) is 0 Å². The third kappa shape index (κ3) is 2.03. The van der Waals surface area contributed by atoms with Gasteiger partial charge in [-0.1, -0.05) is 0 Å². The van der Waals surface area contributed by atoms with Crippen molar-refractivity contribution in [2.24, 2.45) is 0 Å². The molecule has 0 amide bonds. The third-order valence-electron chi connectivity index (χ3n) is 2.03. The molecule has 2 aromatic heterocycles. The van der Waals surface area contributed by atoms with Gasteiger partial charge in [-0.15, -0.1) is 0 Å². The number of carboxylic acid groups (broad SMARTS) is 1. The first-order chi connectivity index (χ1) is 7.66. The van der Waals surface area contributed by atoms with Gasteiger partial charge in [0.05, 0.1) is 0 Å². The van der Waals surface area contributed by atoms with Crippen LogP contribution in [0.15, 0.2) is 30.6 Å². The minimum Gasteiger partial charge on any atom is -0.477 e. The zero-order valence-corrected chi connectivity index (χ0v) is 8.58. The standard InChI is InChI=1S/C11H9N3O2/c1-7-6-8(2-4-12-7)10-13-5-3-9(14-10)11(15)16/h2-6H,1H3,(H,15,16). The second kappa shape index (κ2) is 4.06. The Hall–Kier alpha value is -2.30. The Morgan fingerprint density at radius 3 is 2.69 bits per heavy atom. The van der Waals surface area contributed by atoms with Crippen molar-refractivity contribution in [1.82, 2.24) is 15.0 Å². The molecule has 0 aliphatic rings. The number of nitrogens with zero attached hydrogens (tertiary/aromatic N) is 3. The molecule has 0 unspecified atom stereocenters. The molecule has 0 aromatic carbocycles. The minimum atomic E-state index is -1.06. The van der Waals surface area contributed by atoms with E-state index in [1.54, 1.807) is 18.3 Å². The van der Waals surface area contributed by atoms with Crippen LogP contribution in [0.2, 0.25) is 0 Å². The van der Waals surface area contributed by atoms with E-state index in [-0.39, 0.29) is 5.69 Å². The average molecular weight is 215 g/mol. The normalized spacial score (nSPS) is 10.1. The number of aromatic carboxylic acids is 1. The lowest BCUT2D eigenvalue weighted by molar-refractivity contribution is 0.0690. The fourth-order valence-corrected chi connectivity index (χ4v) is 1.30. The van der Waals surface area contributed by atoms with E-state index in [9.17, 15) is 4.79 Å². The lowest BCUT2D eigenvalue weighted by Gasteiger charge is -2.01. The maximum atomic E-state index is 10.7. The van der Waals surface area contributed by atoms with Crippen LogP contribution in [0.3, 0.4) is 0 Å². The molecular weight excluding hydrogens is 206 g/mol. The minimum absolute atomic E-state index is 0.0144. The van der Waals surface area contributed by atoms with Crippen molar-refractivity contribution in [3.8, 4) is 11.4 Å². The van der Waals surface area contributed by atoms with Crippen LogP contribution in [-0.2, 0) is 0 Å². The summed E-state index contributed by atoms with van der Waals surface area (Å²) >= 11 is 0. The summed E-state index contributed by atoms with van der Waals surface area (Å²) in [6.45, 7) is 1.85. The predicted molar refractivity (Wildman–Crippen MR) is 57.0 cm³/mol. The van der Waals surface area contributed by atoms with Crippen molar-refractivity contribution in [3.63, 3.8) is 0 Å². The Kier molecular flexibility index (Phi) is 2.59. The largest absolute Gasteiger partial charge is 0.477 e. The number of aryl methyl sites for hydroxylation is 1. The van der Waals surface area contributed by atoms with Crippen molar-refractivity contribution >= 4 is 5.97 Å². The highest BCUT2D eigenvalue weighted by atomic mass is 16.4. The van der Waals surface area contributed by atoms with Crippen LogP contribution in [0.5, 0.6) is 0 Å². The molecule has 0 bridgehead atoms. The summed E-state index contributed by atoms with van der Waals surface area (Å²) in [5.41, 5.74) is 1.58. The molecule has 0 atom stereocenters. The molecule has 1 N–H and O–H groups in total. The Morgan fingerprint density at radius 1 is 1.25 bits per heavy atom. The summed E-state index contributed by atoms with van der Waals surface area (Å²) in [4.78, 5) is 22.8. The average Bonchev–Trinajstić information content (AvgIpc) is 2.29. The van der Waals surface area contributed by atoms with Crippen molar-refractivity contribution in [2.45, 2.75) is 6.92 Å². The number of hydrogen-bond acceptors (Lipinski definition) is 4. The van der Waals surface area contributed by atoms with Crippen LogP contribution in [0, 0.1) is 6.92 Å². The maximum absolute atomic E-state index is 10.7. The summed E-state index contributed by atoms with van der Waals surface area (Å²) in [6.07, 6.45) is 3.07. The molecule has 0 aliphatic carbocycles. The maximum Gasteiger partial charge on any atom is 0.354 e. The molecule has 0 radical (unpaired) electrons. The summed E-state index contributed by atoms with van der Waals surface area (Å²) in [5, 5.41) is 8.81. The Morgan fingerprint density at radius 2 is 2.00 bits per heavy atom. The van der Waals surface area contributed by atoms with Gasteiger partial charge in [0.15, 0.2) is 11.5 Å². The first-order valence-electron chi connectivity index (χ1n) is 4.66. The van der Waals surface area contributed by atoms with Gasteiger partial charge in [-0.2, -0.15) is 0 Å². The number of pyridine rings is 1. The summed E-state index contributed by atoms with van der Waals surface area (Å²) in [5.74, 6) is -0.667. The zero-order chi connectivity index (χ0) is 11.5. The van der Waals surface area contributed by atoms with Gasteiger partial charge in [0.1, 0.15) is 0 Å². The van der Waals surface area contributed by atoms with Crippen molar-refractivity contribution < 1.29 is 9.90 Å². The van der Waals surface area contributed by atoms with Gasteiger partial charge in [0.25, 0.3) is 0 Å². The molecule has 5 nitrogen and oxygen atoms in total. The molecule has 16 heavy (non-hydrogen) atoms. The third-order valence-corrected chi connectivity index (χ3v) is 2.03. The lowest BCUT2D eigenvalue weighted by atomic mass is 10.2. The number of hydrogen-bond donors (Lipinski definition) is 1. The van der Waals surface area contributed by atoms with Crippen LogP contribution in [-0.4, -0.2) is 26.0 Å². The Labute approximate surface area is 91.8 Å². The van der Waals surface area contributed by atoms with Crippen LogP contribution >= 0.6 is 0 Å². The van der Waals surface area contributed by atoms with E-state index < -0.39 is 5.97 Å². The number of rotatable bonds is 2. The first kappa shape index (κ1) is 10.2. The van der Waals surface area contributed by atoms with Crippen LogP contribution < -0.4 is 0 Å². The second-order valence-electron chi connectivity index (χ2n) is 3.26. The lowest BCUT2D eigenvalue weighted by Crippen LogP contribution is -2.02. The van der Waals surface area contributed by atoms with Gasteiger partial charge in [-0.05, 0) is 25.1 Å². The van der Waals surface area contributed by atoms with Crippen LogP contribution in [0.1, 0.15) is 16.2 Å². The van der Waals surface area contributed by atoms with E-state index in [0.717, 1.165) is 11.3 Å². The second-order valence-corrected chi connectivity index (χ2v) is 3.26. The molecule has 0 saturated carbocycles. The molecule has 2 heterocycles. The highest BCUT2D eigenvalue weighted by Gasteiger charge is 2.07. The van der Waals surface area contributed by atoms with Crippen LogP contribution in [0.4, 0.5) is 0 Å². The van der Waals surface area contributed by atoms with Gasteiger partial charge < -0.3 is 5.11 Å². The molecule has 0 fully saturated rings. The smallest absolute Gasteiger partial charge is 0.354 e. The molecule has 80 valence electrons. The molecule has 0 aliphatic heterocycles. The van der Waals surface area contributed by atoms with Crippen molar-refractivity contribution in [3.05, 3.63) is 42.0 Å². The van der Waals surface area contributed by atoms with Gasteiger partial charge in [-0.3, -0.25) is 4.98 Å². The van der Waals surface area contributed by atoms with Gasteiger partial charge >= 0.3 is 5.97 Å². The zero-order valence-electron chi connectivity index (χ0n) is 8.58. The van der Waals surface area contributed by atoms with E-state index in [1.807, 2.05) is 6.92 Å². The van der Waals surface area contributed by atoms with E-state index in [0.29, 0.717) is 5.82 Å². The first-order valence-corrected chi connectivity index (χ1v) is 4.66. The summed E-state index contributed by atoms with van der Waals surface area (Å²) in [6, 6.07) is 4.91. The highest BCUT2D eigenvalue weighted by molar-refractivity contribution is 5.85.